The summed E-state index contributed by atoms with van der Waals surface area (Å²) in [6.45, 7) is 6.97. The maximum Gasteiger partial charge on any atom is 0.251 e. The van der Waals surface area contributed by atoms with E-state index in [9.17, 15) is 13.2 Å². The highest BCUT2D eigenvalue weighted by molar-refractivity contribution is 7.89. The van der Waals surface area contributed by atoms with Crippen LogP contribution in [0.15, 0.2) is 46.3 Å². The third kappa shape index (κ3) is 4.67. The van der Waals surface area contributed by atoms with Gasteiger partial charge in [-0.05, 0) is 69.0 Å². The van der Waals surface area contributed by atoms with E-state index in [1.165, 1.54) is 21.2 Å². The number of terminal acetylenes is 1. The molecular weight excluding hydrogens is 454 g/mol. The number of amides is 1. The van der Waals surface area contributed by atoms with Gasteiger partial charge in [0.1, 0.15) is 0 Å². The minimum atomic E-state index is -3.56. The first kappa shape index (κ1) is 23.4. The first-order valence-electron chi connectivity index (χ1n) is 10.9. The van der Waals surface area contributed by atoms with Crippen molar-refractivity contribution in [3.05, 3.63) is 57.9 Å². The van der Waals surface area contributed by atoms with Crippen LogP contribution in [0, 0.1) is 39.0 Å². The van der Waals surface area contributed by atoms with E-state index >= 15 is 0 Å². The molecule has 0 unspecified atom stereocenters. The van der Waals surface area contributed by atoms with Crippen molar-refractivity contribution >= 4 is 37.5 Å². The van der Waals surface area contributed by atoms with Crippen LogP contribution in [0.4, 0.5) is 0 Å². The molecule has 2 aromatic carbocycles. The maximum atomic E-state index is 13.0. The Morgan fingerprint density at radius 3 is 2.39 bits per heavy atom. The first-order valence-corrected chi connectivity index (χ1v) is 13.2. The fourth-order valence-corrected chi connectivity index (χ4v) is 6.62. The maximum absolute atomic E-state index is 13.0. The highest BCUT2D eigenvalue weighted by Gasteiger charge is 2.32. The standard InChI is InChI=1S/C25H27N3O3S2/c1-5-12-28-22-15-18(3)19(4)16-23(22)32-25(28)26-24(29)20-10-13-27(14-11-20)33(30,31)21-8-6-17(2)7-9-21/h1,6-9,15-16,20H,10-14H2,2-4H3. The third-order valence-electron chi connectivity index (χ3n) is 6.22. The van der Waals surface area contributed by atoms with Crippen molar-refractivity contribution in [3.63, 3.8) is 0 Å². The van der Waals surface area contributed by atoms with Crippen LogP contribution in [0.5, 0.6) is 0 Å². The molecule has 0 spiro atoms. The first-order chi connectivity index (χ1) is 15.7. The predicted octanol–water partition coefficient (Wildman–Crippen LogP) is 3.79. The molecule has 2 heterocycles. The molecule has 8 heteroatoms. The molecule has 1 amide bonds. The van der Waals surface area contributed by atoms with Gasteiger partial charge in [0.05, 0.1) is 21.7 Å². The molecule has 0 aliphatic carbocycles. The number of aryl methyl sites for hydroxylation is 3. The lowest BCUT2D eigenvalue weighted by Gasteiger charge is -2.29. The minimum absolute atomic E-state index is 0.215. The van der Waals surface area contributed by atoms with E-state index in [4.69, 9.17) is 6.42 Å². The average Bonchev–Trinajstić information content (AvgIpc) is 3.10. The van der Waals surface area contributed by atoms with Crippen molar-refractivity contribution in [2.24, 2.45) is 10.9 Å². The van der Waals surface area contributed by atoms with E-state index < -0.39 is 10.0 Å². The van der Waals surface area contributed by atoms with E-state index in [1.807, 2.05) is 18.4 Å². The fourth-order valence-electron chi connectivity index (χ4n) is 4.04. The Bertz CT molecular complexity index is 1420. The summed E-state index contributed by atoms with van der Waals surface area (Å²) in [5, 5.41) is 0. The highest BCUT2D eigenvalue weighted by atomic mass is 32.2. The van der Waals surface area contributed by atoms with Gasteiger partial charge < -0.3 is 4.57 Å². The number of benzene rings is 2. The highest BCUT2D eigenvalue weighted by Crippen LogP contribution is 2.26. The van der Waals surface area contributed by atoms with E-state index in [-0.39, 0.29) is 16.7 Å². The molecule has 4 rings (SSSR count). The molecule has 33 heavy (non-hydrogen) atoms. The zero-order chi connectivity index (χ0) is 23.8. The van der Waals surface area contributed by atoms with Gasteiger partial charge in [0.2, 0.25) is 10.0 Å². The molecule has 1 aromatic heterocycles. The molecular formula is C25H27N3O3S2. The molecule has 1 aliphatic rings. The van der Waals surface area contributed by atoms with Crippen LogP contribution in [0.25, 0.3) is 10.2 Å². The number of hydrogen-bond acceptors (Lipinski definition) is 4. The Labute approximate surface area is 198 Å². The zero-order valence-corrected chi connectivity index (χ0v) is 20.7. The molecule has 0 bridgehead atoms. The number of hydrogen-bond donors (Lipinski definition) is 0. The van der Waals surface area contributed by atoms with Crippen molar-refractivity contribution < 1.29 is 13.2 Å². The summed E-state index contributed by atoms with van der Waals surface area (Å²) in [4.78, 5) is 18.3. The summed E-state index contributed by atoms with van der Waals surface area (Å²) in [5.41, 5.74) is 4.32. The van der Waals surface area contributed by atoms with Gasteiger partial charge in [0, 0.05) is 19.0 Å². The van der Waals surface area contributed by atoms with Crippen molar-refractivity contribution in [1.29, 1.82) is 0 Å². The summed E-state index contributed by atoms with van der Waals surface area (Å²) >= 11 is 1.46. The van der Waals surface area contributed by atoms with Crippen molar-refractivity contribution in [2.45, 2.75) is 45.1 Å². The fraction of sp³-hybridized carbons (Fsp3) is 0.360. The van der Waals surface area contributed by atoms with Crippen LogP contribution < -0.4 is 4.80 Å². The van der Waals surface area contributed by atoms with Crippen LogP contribution in [-0.2, 0) is 21.4 Å². The van der Waals surface area contributed by atoms with Gasteiger partial charge in [-0.2, -0.15) is 9.30 Å². The molecule has 0 atom stereocenters. The number of carbonyl (C=O) groups excluding carboxylic acids is 1. The van der Waals surface area contributed by atoms with E-state index in [0.717, 1.165) is 21.3 Å². The van der Waals surface area contributed by atoms with Gasteiger partial charge in [-0.1, -0.05) is 35.0 Å². The lowest BCUT2D eigenvalue weighted by molar-refractivity contribution is -0.122. The zero-order valence-electron chi connectivity index (χ0n) is 19.0. The molecule has 0 radical (unpaired) electrons. The summed E-state index contributed by atoms with van der Waals surface area (Å²) in [6, 6.07) is 11.0. The van der Waals surface area contributed by atoms with E-state index in [2.05, 4.69) is 30.0 Å². The van der Waals surface area contributed by atoms with Gasteiger partial charge >= 0.3 is 0 Å². The topological polar surface area (TPSA) is 71.7 Å². The lowest BCUT2D eigenvalue weighted by atomic mass is 9.98. The summed E-state index contributed by atoms with van der Waals surface area (Å²) in [6.07, 6.45) is 6.48. The summed E-state index contributed by atoms with van der Waals surface area (Å²) in [7, 11) is -3.56. The van der Waals surface area contributed by atoms with Gasteiger partial charge in [0.25, 0.3) is 5.91 Å². The average molecular weight is 482 g/mol. The Balaban J connectivity index is 1.55. The number of carbonyl (C=O) groups is 1. The van der Waals surface area contributed by atoms with Crippen molar-refractivity contribution in [2.75, 3.05) is 13.1 Å². The number of sulfonamides is 1. The predicted molar refractivity (Wildman–Crippen MR) is 131 cm³/mol. The van der Waals surface area contributed by atoms with Crippen LogP contribution in [0.2, 0.25) is 0 Å². The largest absolute Gasteiger partial charge is 0.305 e. The molecule has 1 saturated heterocycles. The molecule has 1 fully saturated rings. The molecule has 6 nitrogen and oxygen atoms in total. The van der Waals surface area contributed by atoms with E-state index in [0.29, 0.717) is 37.3 Å². The summed E-state index contributed by atoms with van der Waals surface area (Å²) in [5.74, 6) is 2.14. The molecule has 1 aliphatic heterocycles. The Morgan fingerprint density at radius 1 is 1.12 bits per heavy atom. The number of rotatable bonds is 4. The third-order valence-corrected chi connectivity index (χ3v) is 9.17. The van der Waals surface area contributed by atoms with Gasteiger partial charge in [-0.3, -0.25) is 4.79 Å². The van der Waals surface area contributed by atoms with Crippen molar-refractivity contribution in [3.8, 4) is 12.3 Å². The van der Waals surface area contributed by atoms with Gasteiger partial charge in [0.15, 0.2) is 4.80 Å². The molecule has 0 saturated carbocycles. The number of thiazole rings is 1. The van der Waals surface area contributed by atoms with Crippen molar-refractivity contribution in [1.82, 2.24) is 8.87 Å². The Kier molecular flexibility index (Phi) is 6.57. The Hall–Kier alpha value is -2.73. The van der Waals surface area contributed by atoms with Crippen LogP contribution in [0.3, 0.4) is 0 Å². The van der Waals surface area contributed by atoms with E-state index in [1.54, 1.807) is 24.3 Å². The second-order valence-electron chi connectivity index (χ2n) is 8.52. The Morgan fingerprint density at radius 2 is 1.76 bits per heavy atom. The molecule has 3 aromatic rings. The van der Waals surface area contributed by atoms with Gasteiger partial charge in [-0.25, -0.2) is 8.42 Å². The number of aromatic nitrogens is 1. The van der Waals surface area contributed by atoms with Gasteiger partial charge in [-0.15, -0.1) is 6.42 Å². The van der Waals surface area contributed by atoms with Crippen LogP contribution >= 0.6 is 11.3 Å². The second-order valence-corrected chi connectivity index (χ2v) is 11.5. The second kappa shape index (κ2) is 9.26. The quantitative estimate of drug-likeness (QED) is 0.533. The monoisotopic (exact) mass is 481 g/mol. The SMILES string of the molecule is C#CCn1c(=NC(=O)C2CCN(S(=O)(=O)c3ccc(C)cc3)CC2)sc2cc(C)c(C)cc21. The smallest absolute Gasteiger partial charge is 0.251 e. The summed E-state index contributed by atoms with van der Waals surface area (Å²) < 4.78 is 30.3. The van der Waals surface area contributed by atoms with Crippen LogP contribution in [-0.4, -0.2) is 36.3 Å². The number of piperidine rings is 1. The molecule has 0 N–H and O–H groups in total. The number of nitrogens with zero attached hydrogens (tertiary/aromatic N) is 3. The lowest BCUT2D eigenvalue weighted by Crippen LogP contribution is -2.40. The molecule has 172 valence electrons. The normalized spacial score (nSPS) is 16.2. The number of fused-ring (bicyclic) bond motifs is 1. The minimum Gasteiger partial charge on any atom is -0.305 e. The van der Waals surface area contributed by atoms with Crippen LogP contribution in [0.1, 0.15) is 29.5 Å².